The van der Waals surface area contributed by atoms with Gasteiger partial charge in [-0.05, 0) is 17.5 Å². The van der Waals surface area contributed by atoms with Gasteiger partial charge in [0.1, 0.15) is 19.0 Å². The van der Waals surface area contributed by atoms with Gasteiger partial charge in [0, 0.05) is 11.6 Å². The predicted octanol–water partition coefficient (Wildman–Crippen LogP) is 4.63. The van der Waals surface area contributed by atoms with Crippen LogP contribution in [0.4, 0.5) is 0 Å². The molecule has 1 heterocycles. The molecule has 1 aromatic carbocycles. The summed E-state index contributed by atoms with van der Waals surface area (Å²) in [6.07, 6.45) is 0. The highest BCUT2D eigenvalue weighted by Crippen LogP contribution is 2.34. The summed E-state index contributed by atoms with van der Waals surface area (Å²) in [7, 11) is 0. The van der Waals surface area contributed by atoms with Crippen molar-refractivity contribution >= 4 is 46.1 Å². The number of aliphatic hydroxyl groups excluding tert-OH is 1. The van der Waals surface area contributed by atoms with Gasteiger partial charge >= 0.3 is 0 Å². The molecule has 1 aromatic heterocycles. The van der Waals surface area contributed by atoms with Gasteiger partial charge in [-0.2, -0.15) is 0 Å². The van der Waals surface area contributed by atoms with Crippen molar-refractivity contribution < 1.29 is 9.84 Å². The van der Waals surface area contributed by atoms with Crippen LogP contribution >= 0.6 is 46.1 Å². The summed E-state index contributed by atoms with van der Waals surface area (Å²) >= 11 is 19.3. The molecule has 1 N–H and O–H groups in total. The molecule has 0 aliphatic carbocycles. The molecule has 20 heavy (non-hydrogen) atoms. The molecule has 2 nitrogen and oxygen atoms in total. The highest BCUT2D eigenvalue weighted by atomic mass is 35.5. The SMILES string of the molecule is OCC#Cc1ccsc1COc1cc(Cl)c(Cl)cc1Cl. The van der Waals surface area contributed by atoms with Crippen molar-refractivity contribution in [3.8, 4) is 17.6 Å². The number of hydrogen-bond acceptors (Lipinski definition) is 3. The minimum Gasteiger partial charge on any atom is -0.486 e. The van der Waals surface area contributed by atoms with Crippen LogP contribution in [0.25, 0.3) is 0 Å². The standard InChI is InChI=1S/C14H9Cl3O2S/c15-10-6-12(17)13(7-11(10)16)19-8-14-9(2-1-4-18)3-5-20-14/h3,5-7,18H,4,8H2. The first kappa shape index (κ1) is 15.5. The Morgan fingerprint density at radius 2 is 1.90 bits per heavy atom. The third kappa shape index (κ3) is 3.82. The van der Waals surface area contributed by atoms with Crippen LogP contribution < -0.4 is 4.74 Å². The molecule has 2 rings (SSSR count). The van der Waals surface area contributed by atoms with E-state index in [1.54, 1.807) is 12.1 Å². The summed E-state index contributed by atoms with van der Waals surface area (Å²) < 4.78 is 5.64. The Labute approximate surface area is 135 Å². The van der Waals surface area contributed by atoms with Crippen LogP contribution in [0.15, 0.2) is 23.6 Å². The molecule has 0 bridgehead atoms. The lowest BCUT2D eigenvalue weighted by atomic mass is 10.2. The van der Waals surface area contributed by atoms with Crippen molar-refractivity contribution in [2.45, 2.75) is 6.61 Å². The summed E-state index contributed by atoms with van der Waals surface area (Å²) in [5.74, 6) is 5.94. The molecule has 0 spiro atoms. The maximum atomic E-state index is 8.71. The fraction of sp³-hybridized carbons (Fsp3) is 0.143. The van der Waals surface area contributed by atoms with Crippen LogP contribution in [0.1, 0.15) is 10.4 Å². The largest absolute Gasteiger partial charge is 0.486 e. The number of halogens is 3. The molecule has 0 unspecified atom stereocenters. The van der Waals surface area contributed by atoms with Gasteiger partial charge in [0.25, 0.3) is 0 Å². The van der Waals surface area contributed by atoms with E-state index >= 15 is 0 Å². The van der Waals surface area contributed by atoms with Crippen LogP contribution in [-0.4, -0.2) is 11.7 Å². The van der Waals surface area contributed by atoms with Gasteiger partial charge in [0.2, 0.25) is 0 Å². The van der Waals surface area contributed by atoms with Gasteiger partial charge < -0.3 is 9.84 Å². The molecule has 0 aliphatic heterocycles. The second-order valence-corrected chi connectivity index (χ2v) is 5.93. The maximum Gasteiger partial charge on any atom is 0.140 e. The highest BCUT2D eigenvalue weighted by Gasteiger charge is 2.09. The van der Waals surface area contributed by atoms with E-state index < -0.39 is 0 Å². The quantitative estimate of drug-likeness (QED) is 0.648. The second kappa shape index (κ2) is 7.21. The maximum absolute atomic E-state index is 8.71. The van der Waals surface area contributed by atoms with Crippen molar-refractivity contribution in [1.82, 2.24) is 0 Å². The molecule has 0 aliphatic rings. The number of thiophene rings is 1. The summed E-state index contributed by atoms with van der Waals surface area (Å²) in [6.45, 7) is 0.152. The van der Waals surface area contributed by atoms with E-state index in [-0.39, 0.29) is 6.61 Å². The van der Waals surface area contributed by atoms with Gasteiger partial charge in [-0.1, -0.05) is 46.6 Å². The fourth-order valence-corrected chi connectivity index (χ4v) is 2.79. The zero-order chi connectivity index (χ0) is 14.5. The van der Waals surface area contributed by atoms with Crippen molar-refractivity contribution in [1.29, 1.82) is 0 Å². The molecule has 0 atom stereocenters. The summed E-state index contributed by atoms with van der Waals surface area (Å²) in [6, 6.07) is 5.00. The molecule has 0 saturated heterocycles. The number of hydrogen-bond donors (Lipinski definition) is 1. The molecular weight excluding hydrogens is 339 g/mol. The third-order valence-corrected chi connectivity index (χ3v) is 4.29. The van der Waals surface area contributed by atoms with E-state index in [4.69, 9.17) is 44.6 Å². The van der Waals surface area contributed by atoms with E-state index in [2.05, 4.69) is 11.8 Å². The number of benzene rings is 1. The van der Waals surface area contributed by atoms with Gasteiger partial charge in [-0.15, -0.1) is 11.3 Å². The van der Waals surface area contributed by atoms with Gasteiger partial charge in [0.15, 0.2) is 0 Å². The van der Waals surface area contributed by atoms with E-state index in [9.17, 15) is 0 Å². The molecule has 6 heteroatoms. The smallest absolute Gasteiger partial charge is 0.140 e. The van der Waals surface area contributed by atoms with Crippen LogP contribution in [0, 0.1) is 11.8 Å². The first-order valence-corrected chi connectivity index (χ1v) is 7.56. The lowest BCUT2D eigenvalue weighted by Gasteiger charge is -2.08. The molecule has 104 valence electrons. The van der Waals surface area contributed by atoms with Crippen LogP contribution in [0.3, 0.4) is 0 Å². The van der Waals surface area contributed by atoms with Crippen molar-refractivity contribution in [2.24, 2.45) is 0 Å². The van der Waals surface area contributed by atoms with Crippen LogP contribution in [0.2, 0.25) is 15.1 Å². The summed E-state index contributed by atoms with van der Waals surface area (Å²) in [5, 5.41) is 11.8. The first-order valence-electron chi connectivity index (χ1n) is 5.55. The van der Waals surface area contributed by atoms with Gasteiger partial charge in [0.05, 0.1) is 19.9 Å². The van der Waals surface area contributed by atoms with Gasteiger partial charge in [-0.25, -0.2) is 0 Å². The zero-order valence-corrected chi connectivity index (χ0v) is 13.2. The molecule has 0 radical (unpaired) electrons. The van der Waals surface area contributed by atoms with Crippen molar-refractivity contribution in [3.63, 3.8) is 0 Å². The van der Waals surface area contributed by atoms with E-state index in [0.29, 0.717) is 27.4 Å². The Morgan fingerprint density at radius 3 is 2.65 bits per heavy atom. The Morgan fingerprint density at radius 1 is 1.15 bits per heavy atom. The lowest BCUT2D eigenvalue weighted by molar-refractivity contribution is 0.310. The van der Waals surface area contributed by atoms with Gasteiger partial charge in [-0.3, -0.25) is 0 Å². The average Bonchev–Trinajstić information content (AvgIpc) is 2.86. The van der Waals surface area contributed by atoms with E-state index in [1.165, 1.54) is 11.3 Å². The zero-order valence-electron chi connectivity index (χ0n) is 10.1. The monoisotopic (exact) mass is 346 g/mol. The second-order valence-electron chi connectivity index (χ2n) is 3.70. The number of rotatable bonds is 3. The molecule has 0 amide bonds. The normalized spacial score (nSPS) is 10.0. The molecular formula is C14H9Cl3O2S. The topological polar surface area (TPSA) is 29.5 Å². The van der Waals surface area contributed by atoms with Crippen molar-refractivity contribution in [3.05, 3.63) is 49.1 Å². The summed E-state index contributed by atoms with van der Waals surface area (Å²) in [4.78, 5) is 0.952. The Bertz CT molecular complexity index is 671. The van der Waals surface area contributed by atoms with Crippen LogP contribution in [-0.2, 0) is 6.61 Å². The average molecular weight is 348 g/mol. The number of aliphatic hydroxyl groups is 1. The Kier molecular flexibility index (Phi) is 5.59. The highest BCUT2D eigenvalue weighted by molar-refractivity contribution is 7.10. The van der Waals surface area contributed by atoms with Crippen molar-refractivity contribution in [2.75, 3.05) is 6.61 Å². The lowest BCUT2D eigenvalue weighted by Crippen LogP contribution is -1.96. The summed E-state index contributed by atoms with van der Waals surface area (Å²) in [5.41, 5.74) is 0.834. The fourth-order valence-electron chi connectivity index (χ4n) is 1.46. The Balaban J connectivity index is 2.13. The van der Waals surface area contributed by atoms with E-state index in [1.807, 2.05) is 11.4 Å². The molecule has 0 saturated carbocycles. The molecule has 2 aromatic rings. The third-order valence-electron chi connectivity index (χ3n) is 2.38. The first-order chi connectivity index (χ1) is 9.61. The number of ether oxygens (including phenoxy) is 1. The predicted molar refractivity (Wildman–Crippen MR) is 84.1 cm³/mol. The van der Waals surface area contributed by atoms with E-state index in [0.717, 1.165) is 10.4 Å². The minimum atomic E-state index is -0.172. The molecule has 0 fully saturated rings. The minimum absolute atomic E-state index is 0.172. The Hall–Kier alpha value is -0.890. The van der Waals surface area contributed by atoms with Crippen LogP contribution in [0.5, 0.6) is 5.75 Å².